The van der Waals surface area contributed by atoms with Gasteiger partial charge in [0.05, 0.1) is 0 Å². The lowest BCUT2D eigenvalue weighted by molar-refractivity contribution is 0.0949. The molecule has 130 valence electrons. The summed E-state index contributed by atoms with van der Waals surface area (Å²) in [6, 6.07) is 3.94. The van der Waals surface area contributed by atoms with Crippen molar-refractivity contribution in [2.75, 3.05) is 31.6 Å². The van der Waals surface area contributed by atoms with Gasteiger partial charge in [-0.2, -0.15) is 5.10 Å². The third-order valence-corrected chi connectivity index (χ3v) is 4.65. The topological polar surface area (TPSA) is 73.9 Å². The van der Waals surface area contributed by atoms with E-state index in [1.165, 1.54) is 0 Å². The van der Waals surface area contributed by atoms with Crippen molar-refractivity contribution >= 4 is 22.6 Å². The number of hydrogen-bond donors (Lipinski definition) is 2. The van der Waals surface area contributed by atoms with Crippen molar-refractivity contribution in [1.82, 2.24) is 20.5 Å². The lowest BCUT2D eigenvalue weighted by Gasteiger charge is -2.21. The predicted molar refractivity (Wildman–Crippen MR) is 96.5 cm³/mol. The number of ketones is 1. The summed E-state index contributed by atoms with van der Waals surface area (Å²) in [6.45, 7) is 7.32. The molecule has 0 spiro atoms. The second-order valence-electron chi connectivity index (χ2n) is 7.23. The average Bonchev–Trinajstić information content (AvgIpc) is 2.98. The van der Waals surface area contributed by atoms with Crippen LogP contribution in [0.25, 0.3) is 11.0 Å². The molecule has 0 amide bonds. The van der Waals surface area contributed by atoms with Gasteiger partial charge in [0, 0.05) is 25.4 Å². The van der Waals surface area contributed by atoms with Gasteiger partial charge >= 0.3 is 0 Å². The van der Waals surface area contributed by atoms with E-state index in [1.807, 2.05) is 19.2 Å². The number of Topliss-reactive ketones (excluding diaryl/α,β-unsaturated/α-hetero) is 1. The first-order valence-corrected chi connectivity index (χ1v) is 8.84. The zero-order valence-electron chi connectivity index (χ0n) is 14.8. The van der Waals surface area contributed by atoms with Crippen LogP contribution >= 0.6 is 0 Å². The van der Waals surface area contributed by atoms with Crippen LogP contribution in [-0.4, -0.2) is 47.6 Å². The van der Waals surface area contributed by atoms with E-state index < -0.39 is 0 Å². The zero-order valence-corrected chi connectivity index (χ0v) is 14.8. The highest BCUT2D eigenvalue weighted by Gasteiger charge is 2.21. The Balaban J connectivity index is 1.76. The van der Waals surface area contributed by atoms with E-state index in [-0.39, 0.29) is 5.78 Å². The quantitative estimate of drug-likeness (QED) is 0.797. The first-order chi connectivity index (χ1) is 11.5. The summed E-state index contributed by atoms with van der Waals surface area (Å²) < 4.78 is 0. The minimum Gasteiger partial charge on any atom is -0.359 e. The molecule has 0 unspecified atom stereocenters. The normalized spacial score (nSPS) is 16.0. The van der Waals surface area contributed by atoms with Gasteiger partial charge in [-0.3, -0.25) is 9.89 Å². The number of piperidine rings is 1. The minimum absolute atomic E-state index is 0.148. The predicted octanol–water partition coefficient (Wildman–Crippen LogP) is 2.62. The molecule has 0 saturated carbocycles. The van der Waals surface area contributed by atoms with Crippen LogP contribution in [0.15, 0.2) is 12.1 Å². The molecular formula is C18H27N5O. The molecule has 24 heavy (non-hydrogen) atoms. The van der Waals surface area contributed by atoms with Gasteiger partial charge in [0.25, 0.3) is 0 Å². The number of nitrogens with one attached hydrogen (secondary N) is 2. The van der Waals surface area contributed by atoms with Crippen LogP contribution < -0.4 is 10.2 Å². The Kier molecular flexibility index (Phi) is 5.14. The smallest absolute Gasteiger partial charge is 0.183 e. The van der Waals surface area contributed by atoms with E-state index in [2.05, 4.69) is 39.2 Å². The van der Waals surface area contributed by atoms with Crippen molar-refractivity contribution < 1.29 is 4.79 Å². The summed E-state index contributed by atoms with van der Waals surface area (Å²) in [6.07, 6.45) is 2.73. The number of rotatable bonds is 6. The van der Waals surface area contributed by atoms with Crippen molar-refractivity contribution in [3.05, 3.63) is 17.8 Å². The number of H-pyrrole nitrogens is 1. The Labute approximate surface area is 143 Å². The fraction of sp³-hybridized carbons (Fsp3) is 0.611. The molecular weight excluding hydrogens is 302 g/mol. The Bertz CT molecular complexity index is 702. The highest BCUT2D eigenvalue weighted by atomic mass is 16.1. The maximum Gasteiger partial charge on any atom is 0.183 e. The molecule has 2 N–H and O–H groups in total. The maximum absolute atomic E-state index is 12.6. The van der Waals surface area contributed by atoms with E-state index >= 15 is 0 Å². The summed E-state index contributed by atoms with van der Waals surface area (Å²) in [4.78, 5) is 19.3. The van der Waals surface area contributed by atoms with Crippen LogP contribution in [0.2, 0.25) is 0 Å². The number of anilines is 1. The van der Waals surface area contributed by atoms with E-state index in [1.54, 1.807) is 0 Å². The van der Waals surface area contributed by atoms with E-state index in [9.17, 15) is 4.79 Å². The molecule has 3 rings (SSSR count). The van der Waals surface area contributed by atoms with E-state index in [0.29, 0.717) is 29.6 Å². The molecule has 6 heteroatoms. The van der Waals surface area contributed by atoms with Gasteiger partial charge in [0.2, 0.25) is 0 Å². The van der Waals surface area contributed by atoms with Crippen LogP contribution in [0.3, 0.4) is 0 Å². The van der Waals surface area contributed by atoms with Gasteiger partial charge in [-0.25, -0.2) is 4.98 Å². The van der Waals surface area contributed by atoms with Crippen LogP contribution in [0, 0.1) is 11.8 Å². The molecule has 1 aliphatic rings. The molecule has 0 aliphatic carbocycles. The number of aromatic nitrogens is 3. The number of nitrogens with zero attached hydrogens (tertiary/aromatic N) is 3. The van der Waals surface area contributed by atoms with Gasteiger partial charge in [0.15, 0.2) is 11.4 Å². The van der Waals surface area contributed by atoms with Crippen molar-refractivity contribution in [3.63, 3.8) is 0 Å². The van der Waals surface area contributed by atoms with Crippen molar-refractivity contribution in [3.8, 4) is 0 Å². The first-order valence-electron chi connectivity index (χ1n) is 8.84. The zero-order chi connectivity index (χ0) is 17.1. The fourth-order valence-electron chi connectivity index (χ4n) is 3.40. The third kappa shape index (κ3) is 3.75. The number of fused-ring (bicyclic) bond motifs is 1. The summed E-state index contributed by atoms with van der Waals surface area (Å²) >= 11 is 0. The van der Waals surface area contributed by atoms with Crippen LogP contribution in [0.4, 0.5) is 5.82 Å². The molecule has 1 fully saturated rings. The molecule has 3 heterocycles. The van der Waals surface area contributed by atoms with Crippen molar-refractivity contribution in [1.29, 1.82) is 0 Å². The maximum atomic E-state index is 12.6. The van der Waals surface area contributed by atoms with Gasteiger partial charge in [-0.1, -0.05) is 13.8 Å². The molecule has 0 bridgehead atoms. The highest BCUT2D eigenvalue weighted by Crippen LogP contribution is 2.23. The van der Waals surface area contributed by atoms with E-state index in [4.69, 9.17) is 0 Å². The molecule has 0 radical (unpaired) electrons. The molecule has 6 nitrogen and oxygen atoms in total. The summed E-state index contributed by atoms with van der Waals surface area (Å²) in [5.41, 5.74) is 1.23. The summed E-state index contributed by atoms with van der Waals surface area (Å²) in [7, 11) is 2.03. The SMILES string of the molecule is CC(C)CN(C)c1ccc2c(C(=O)CC3CCNCC3)[nH]nc2n1. The number of hydrogen-bond acceptors (Lipinski definition) is 5. The Hall–Kier alpha value is -1.95. The summed E-state index contributed by atoms with van der Waals surface area (Å²) in [5.74, 6) is 2.07. The van der Waals surface area contributed by atoms with E-state index in [0.717, 1.165) is 43.7 Å². The molecule has 2 aromatic rings. The average molecular weight is 329 g/mol. The summed E-state index contributed by atoms with van der Waals surface area (Å²) in [5, 5.41) is 11.3. The fourth-order valence-corrected chi connectivity index (χ4v) is 3.40. The van der Waals surface area contributed by atoms with Gasteiger partial charge in [-0.15, -0.1) is 0 Å². The minimum atomic E-state index is 0.148. The second-order valence-corrected chi connectivity index (χ2v) is 7.23. The highest BCUT2D eigenvalue weighted by molar-refractivity contribution is 6.05. The van der Waals surface area contributed by atoms with Gasteiger partial charge in [0.1, 0.15) is 11.5 Å². The molecule has 1 saturated heterocycles. The molecule has 0 aromatic carbocycles. The Morgan fingerprint density at radius 1 is 1.33 bits per heavy atom. The van der Waals surface area contributed by atoms with Gasteiger partial charge in [-0.05, 0) is 49.9 Å². The number of pyridine rings is 1. The lowest BCUT2D eigenvalue weighted by atomic mass is 9.91. The van der Waals surface area contributed by atoms with Crippen LogP contribution in [0.1, 0.15) is 43.6 Å². The lowest BCUT2D eigenvalue weighted by Crippen LogP contribution is -2.29. The standard InChI is InChI=1S/C18H27N5O/c1-12(2)11-23(3)16-5-4-14-17(21-22-18(14)20-16)15(24)10-13-6-8-19-9-7-13/h4-5,12-13,19H,6-11H2,1-3H3,(H,20,21,22). The van der Waals surface area contributed by atoms with Gasteiger partial charge < -0.3 is 10.2 Å². The largest absolute Gasteiger partial charge is 0.359 e. The molecule has 0 atom stereocenters. The molecule has 1 aliphatic heterocycles. The number of aromatic amines is 1. The number of carbonyl (C=O) groups is 1. The van der Waals surface area contributed by atoms with Crippen molar-refractivity contribution in [2.45, 2.75) is 33.1 Å². The van der Waals surface area contributed by atoms with Crippen LogP contribution in [0.5, 0.6) is 0 Å². The monoisotopic (exact) mass is 329 g/mol. The first kappa shape index (κ1) is 16.9. The molecule has 2 aromatic heterocycles. The van der Waals surface area contributed by atoms with Crippen LogP contribution in [-0.2, 0) is 0 Å². The van der Waals surface area contributed by atoms with Crippen molar-refractivity contribution in [2.24, 2.45) is 11.8 Å². The third-order valence-electron chi connectivity index (χ3n) is 4.65. The Morgan fingerprint density at radius 2 is 2.08 bits per heavy atom. The number of carbonyl (C=O) groups excluding carboxylic acids is 1. The second kappa shape index (κ2) is 7.30. The Morgan fingerprint density at radius 3 is 2.79 bits per heavy atom.